The number of carbonyl (C=O) groups excluding carboxylic acids is 1. The molecule has 0 aromatic rings. The predicted octanol–water partition coefficient (Wildman–Crippen LogP) is 0.858. The van der Waals surface area contributed by atoms with Gasteiger partial charge in [-0.05, 0) is 27.7 Å². The molecule has 3 N–H and O–H groups in total. The zero-order chi connectivity index (χ0) is 9.78. The van der Waals surface area contributed by atoms with E-state index in [1.165, 1.54) is 0 Å². The Bertz CT molecular complexity index is 152. The summed E-state index contributed by atoms with van der Waals surface area (Å²) in [5.41, 5.74) is 4.84. The Morgan fingerprint density at radius 3 is 2.42 bits per heavy atom. The van der Waals surface area contributed by atoms with Crippen molar-refractivity contribution in [1.29, 1.82) is 0 Å². The third-order valence-corrected chi connectivity index (χ3v) is 1.16. The highest BCUT2D eigenvalue weighted by Gasteiger charge is 2.13. The molecule has 0 saturated carbocycles. The van der Waals surface area contributed by atoms with Gasteiger partial charge in [-0.2, -0.15) is 0 Å². The molecule has 0 aliphatic carbocycles. The Balaban J connectivity index is 3.60. The van der Waals surface area contributed by atoms with E-state index in [-0.39, 0.29) is 11.6 Å². The molecule has 0 aliphatic heterocycles. The number of amides is 1. The van der Waals surface area contributed by atoms with Crippen molar-refractivity contribution < 1.29 is 9.53 Å². The second-order valence-corrected chi connectivity index (χ2v) is 3.93. The highest BCUT2D eigenvalue weighted by atomic mass is 16.5. The molecule has 0 fully saturated rings. The lowest BCUT2D eigenvalue weighted by Crippen LogP contribution is -2.44. The molecule has 4 heteroatoms. The Kier molecular flexibility index (Phi) is 4.03. The van der Waals surface area contributed by atoms with E-state index in [0.717, 1.165) is 0 Å². The van der Waals surface area contributed by atoms with Gasteiger partial charge in [0.05, 0.1) is 0 Å². The molecule has 0 unspecified atom stereocenters. The molecule has 0 aromatic heterocycles. The van der Waals surface area contributed by atoms with Crippen LogP contribution < -0.4 is 11.1 Å². The van der Waals surface area contributed by atoms with Crippen molar-refractivity contribution >= 4 is 6.09 Å². The summed E-state index contributed by atoms with van der Waals surface area (Å²) in [7, 11) is 0. The molecule has 12 heavy (non-hydrogen) atoms. The van der Waals surface area contributed by atoms with Crippen molar-refractivity contribution in [3.05, 3.63) is 0 Å². The standard InChI is InChI=1S/C8H18N2O2/c1-6(5-12-7(9)11)10-8(2,3)4/h6,10H,5H2,1-4H3,(H2,9,11)/t6-/m0/s1. The van der Waals surface area contributed by atoms with Crippen LogP contribution in [0.25, 0.3) is 0 Å². The molecule has 1 amide bonds. The molecule has 0 heterocycles. The summed E-state index contributed by atoms with van der Waals surface area (Å²) in [5.74, 6) is 0. The number of ether oxygens (including phenoxy) is 1. The second-order valence-electron chi connectivity index (χ2n) is 3.93. The molecule has 0 saturated heterocycles. The maximum atomic E-state index is 10.2. The van der Waals surface area contributed by atoms with Gasteiger partial charge in [0.25, 0.3) is 0 Å². The minimum absolute atomic E-state index is 0.0282. The SMILES string of the molecule is C[C@@H](COC(N)=O)NC(C)(C)C. The number of hydrogen-bond donors (Lipinski definition) is 2. The zero-order valence-corrected chi connectivity index (χ0v) is 8.18. The summed E-state index contributed by atoms with van der Waals surface area (Å²) in [6.07, 6.45) is -0.724. The predicted molar refractivity (Wildman–Crippen MR) is 47.9 cm³/mol. The van der Waals surface area contributed by atoms with Crippen LogP contribution in [0.2, 0.25) is 0 Å². The second kappa shape index (κ2) is 4.30. The zero-order valence-electron chi connectivity index (χ0n) is 8.18. The van der Waals surface area contributed by atoms with Crippen LogP contribution in [0.15, 0.2) is 0 Å². The van der Waals surface area contributed by atoms with Crippen molar-refractivity contribution in [2.24, 2.45) is 5.73 Å². The van der Waals surface area contributed by atoms with Gasteiger partial charge in [0.1, 0.15) is 6.61 Å². The molecular formula is C8H18N2O2. The van der Waals surface area contributed by atoms with Gasteiger partial charge in [0.2, 0.25) is 0 Å². The molecule has 0 radical (unpaired) electrons. The van der Waals surface area contributed by atoms with Gasteiger partial charge in [-0.1, -0.05) is 0 Å². The summed E-state index contributed by atoms with van der Waals surface area (Å²) in [6.45, 7) is 8.40. The van der Waals surface area contributed by atoms with E-state index in [1.807, 2.05) is 27.7 Å². The van der Waals surface area contributed by atoms with Crippen LogP contribution in [0.5, 0.6) is 0 Å². The van der Waals surface area contributed by atoms with Crippen LogP contribution in [0.1, 0.15) is 27.7 Å². The van der Waals surface area contributed by atoms with E-state index in [0.29, 0.717) is 6.61 Å². The monoisotopic (exact) mass is 174 g/mol. The Hall–Kier alpha value is -0.770. The van der Waals surface area contributed by atoms with Crippen molar-refractivity contribution in [1.82, 2.24) is 5.32 Å². The largest absolute Gasteiger partial charge is 0.448 e. The Morgan fingerprint density at radius 2 is 2.08 bits per heavy atom. The summed E-state index contributed by atoms with van der Waals surface area (Å²) in [6, 6.07) is 0.123. The van der Waals surface area contributed by atoms with Gasteiger partial charge in [-0.25, -0.2) is 4.79 Å². The Labute approximate surface area is 73.5 Å². The first-order valence-corrected chi connectivity index (χ1v) is 4.01. The van der Waals surface area contributed by atoms with E-state index < -0.39 is 6.09 Å². The van der Waals surface area contributed by atoms with Gasteiger partial charge < -0.3 is 15.8 Å². The third-order valence-electron chi connectivity index (χ3n) is 1.16. The number of nitrogens with two attached hydrogens (primary N) is 1. The van der Waals surface area contributed by atoms with Crippen molar-refractivity contribution in [3.8, 4) is 0 Å². The maximum Gasteiger partial charge on any atom is 0.404 e. The average Bonchev–Trinajstić information content (AvgIpc) is 1.79. The molecule has 72 valence electrons. The number of hydrogen-bond acceptors (Lipinski definition) is 3. The fourth-order valence-corrected chi connectivity index (χ4v) is 0.988. The third kappa shape index (κ3) is 7.34. The molecule has 0 spiro atoms. The van der Waals surface area contributed by atoms with E-state index in [1.54, 1.807) is 0 Å². The molecule has 0 aromatic carbocycles. The molecule has 1 atom stereocenters. The number of rotatable bonds is 3. The first-order chi connectivity index (χ1) is 5.31. The highest BCUT2D eigenvalue weighted by molar-refractivity contribution is 5.64. The van der Waals surface area contributed by atoms with Crippen LogP contribution in [0.4, 0.5) is 4.79 Å². The quantitative estimate of drug-likeness (QED) is 0.667. The Morgan fingerprint density at radius 1 is 1.58 bits per heavy atom. The first-order valence-electron chi connectivity index (χ1n) is 4.01. The van der Waals surface area contributed by atoms with Gasteiger partial charge in [-0.3, -0.25) is 0 Å². The number of nitrogens with one attached hydrogen (secondary N) is 1. The first kappa shape index (κ1) is 11.2. The van der Waals surface area contributed by atoms with E-state index >= 15 is 0 Å². The van der Waals surface area contributed by atoms with Crippen molar-refractivity contribution in [2.45, 2.75) is 39.3 Å². The molecule has 0 rings (SSSR count). The normalized spacial score (nSPS) is 14.0. The topological polar surface area (TPSA) is 64.3 Å². The van der Waals surface area contributed by atoms with Crippen LogP contribution in [-0.2, 0) is 4.74 Å². The average molecular weight is 174 g/mol. The summed E-state index contributed by atoms with van der Waals surface area (Å²) >= 11 is 0. The lowest BCUT2D eigenvalue weighted by molar-refractivity contribution is 0.140. The van der Waals surface area contributed by atoms with Gasteiger partial charge in [0.15, 0.2) is 0 Å². The van der Waals surface area contributed by atoms with Gasteiger partial charge >= 0.3 is 6.09 Å². The summed E-state index contributed by atoms with van der Waals surface area (Å²) in [4.78, 5) is 10.2. The fourth-order valence-electron chi connectivity index (χ4n) is 0.988. The minimum Gasteiger partial charge on any atom is -0.448 e. The van der Waals surface area contributed by atoms with Crippen LogP contribution >= 0.6 is 0 Å². The molecular weight excluding hydrogens is 156 g/mol. The van der Waals surface area contributed by atoms with E-state index in [4.69, 9.17) is 5.73 Å². The molecule has 4 nitrogen and oxygen atoms in total. The van der Waals surface area contributed by atoms with Crippen molar-refractivity contribution in [3.63, 3.8) is 0 Å². The summed E-state index contributed by atoms with van der Waals surface area (Å²) in [5, 5.41) is 3.24. The maximum absolute atomic E-state index is 10.2. The lowest BCUT2D eigenvalue weighted by Gasteiger charge is -2.25. The van der Waals surface area contributed by atoms with Gasteiger partial charge in [-0.15, -0.1) is 0 Å². The van der Waals surface area contributed by atoms with Crippen LogP contribution in [-0.4, -0.2) is 24.3 Å². The van der Waals surface area contributed by atoms with E-state index in [2.05, 4.69) is 10.1 Å². The highest BCUT2D eigenvalue weighted by Crippen LogP contribution is 2.00. The minimum atomic E-state index is -0.724. The van der Waals surface area contributed by atoms with Gasteiger partial charge in [0, 0.05) is 11.6 Å². The molecule has 0 aliphatic rings. The number of primary amides is 1. The van der Waals surface area contributed by atoms with Crippen LogP contribution in [0.3, 0.4) is 0 Å². The molecule has 0 bridgehead atoms. The lowest BCUT2D eigenvalue weighted by atomic mass is 10.1. The van der Waals surface area contributed by atoms with Crippen LogP contribution in [0, 0.1) is 0 Å². The van der Waals surface area contributed by atoms with Crippen molar-refractivity contribution in [2.75, 3.05) is 6.61 Å². The number of carbonyl (C=O) groups is 1. The summed E-state index contributed by atoms with van der Waals surface area (Å²) < 4.78 is 4.63. The smallest absolute Gasteiger partial charge is 0.404 e. The van der Waals surface area contributed by atoms with E-state index in [9.17, 15) is 4.79 Å². The fraction of sp³-hybridized carbons (Fsp3) is 0.875.